The Morgan fingerprint density at radius 3 is 2.50 bits per heavy atom. The van der Waals surface area contributed by atoms with E-state index in [0.29, 0.717) is 23.0 Å². The lowest BCUT2D eigenvalue weighted by Crippen LogP contribution is -2.31. The van der Waals surface area contributed by atoms with Crippen molar-refractivity contribution >= 4 is 23.3 Å². The first-order valence-electron chi connectivity index (χ1n) is 9.26. The van der Waals surface area contributed by atoms with E-state index in [1.165, 1.54) is 23.3 Å². The van der Waals surface area contributed by atoms with E-state index in [1.54, 1.807) is 12.1 Å². The molecule has 1 heterocycles. The maximum absolute atomic E-state index is 11.5. The van der Waals surface area contributed by atoms with Crippen LogP contribution in [0.4, 0.5) is 0 Å². The summed E-state index contributed by atoms with van der Waals surface area (Å²) >= 11 is 0. The molecule has 1 aromatic heterocycles. The number of fused-ring (bicyclic) bond motifs is 1. The van der Waals surface area contributed by atoms with Crippen LogP contribution in [0.15, 0.2) is 53.3 Å². The molecule has 3 aromatic rings. The highest BCUT2D eigenvalue weighted by Gasteiger charge is 2.15. The van der Waals surface area contributed by atoms with Crippen LogP contribution in [0.2, 0.25) is 0 Å². The summed E-state index contributed by atoms with van der Waals surface area (Å²) < 4.78 is 0. The highest BCUT2D eigenvalue weighted by molar-refractivity contribution is 5.87. The third kappa shape index (κ3) is 5.35. The van der Waals surface area contributed by atoms with Crippen molar-refractivity contribution < 1.29 is 10.2 Å². The van der Waals surface area contributed by atoms with Crippen molar-refractivity contribution in [1.29, 1.82) is 0 Å². The highest BCUT2D eigenvalue weighted by atomic mass is 35.5. The molecule has 0 saturated heterocycles. The summed E-state index contributed by atoms with van der Waals surface area (Å²) in [4.78, 5) is 14.1. The van der Waals surface area contributed by atoms with Gasteiger partial charge in [0.1, 0.15) is 5.75 Å². The van der Waals surface area contributed by atoms with Gasteiger partial charge in [-0.25, -0.2) is 0 Å². The van der Waals surface area contributed by atoms with Gasteiger partial charge in [-0.05, 0) is 49.9 Å². The fraction of sp³-hybridized carbons (Fsp3) is 0.318. The molecule has 0 radical (unpaired) electrons. The van der Waals surface area contributed by atoms with Crippen molar-refractivity contribution in [3.05, 3.63) is 75.6 Å². The number of aromatic nitrogens is 1. The van der Waals surface area contributed by atoms with E-state index in [4.69, 9.17) is 0 Å². The summed E-state index contributed by atoms with van der Waals surface area (Å²) in [7, 11) is 0. The van der Waals surface area contributed by atoms with Gasteiger partial charge in [0.05, 0.1) is 11.6 Å². The largest absolute Gasteiger partial charge is 0.506 e. The van der Waals surface area contributed by atoms with Gasteiger partial charge in [0.25, 0.3) is 0 Å². The molecule has 0 aliphatic heterocycles. The molecule has 28 heavy (non-hydrogen) atoms. The van der Waals surface area contributed by atoms with E-state index < -0.39 is 6.10 Å². The Morgan fingerprint density at radius 2 is 1.79 bits per heavy atom. The van der Waals surface area contributed by atoms with Gasteiger partial charge in [-0.15, -0.1) is 12.4 Å². The van der Waals surface area contributed by atoms with Crippen LogP contribution < -0.4 is 10.9 Å². The number of aliphatic hydroxyl groups excluding tert-OH is 1. The minimum absolute atomic E-state index is 0. The number of hydrogen-bond acceptors (Lipinski definition) is 4. The monoisotopic (exact) mass is 402 g/mol. The number of aliphatic hydroxyl groups is 1. The van der Waals surface area contributed by atoms with Crippen LogP contribution in [0, 0.1) is 6.92 Å². The normalized spacial score (nSPS) is 13.1. The molecule has 0 aliphatic rings. The van der Waals surface area contributed by atoms with E-state index in [0.717, 1.165) is 12.8 Å². The van der Waals surface area contributed by atoms with Gasteiger partial charge in [-0.2, -0.15) is 0 Å². The van der Waals surface area contributed by atoms with E-state index >= 15 is 0 Å². The van der Waals surface area contributed by atoms with Crippen molar-refractivity contribution in [1.82, 2.24) is 10.3 Å². The van der Waals surface area contributed by atoms with E-state index in [9.17, 15) is 15.0 Å². The number of benzene rings is 2. The Bertz CT molecular complexity index is 970. The number of aryl methyl sites for hydroxylation is 2. The molecule has 6 heteroatoms. The molecule has 2 unspecified atom stereocenters. The van der Waals surface area contributed by atoms with Crippen molar-refractivity contribution in [2.45, 2.75) is 38.8 Å². The van der Waals surface area contributed by atoms with Crippen LogP contribution in [0.1, 0.15) is 36.1 Å². The lowest BCUT2D eigenvalue weighted by molar-refractivity contribution is 0.171. The molecule has 3 rings (SSSR count). The molecule has 0 fully saturated rings. The van der Waals surface area contributed by atoms with E-state index in [2.05, 4.69) is 48.4 Å². The van der Waals surface area contributed by atoms with Gasteiger partial charge in [-0.1, -0.05) is 35.9 Å². The van der Waals surface area contributed by atoms with Crippen LogP contribution in [-0.4, -0.2) is 27.8 Å². The van der Waals surface area contributed by atoms with Gasteiger partial charge in [-0.3, -0.25) is 4.79 Å². The predicted molar refractivity (Wildman–Crippen MR) is 115 cm³/mol. The minimum atomic E-state index is -0.735. The molecule has 4 N–H and O–H groups in total. The third-order valence-electron chi connectivity index (χ3n) is 4.91. The zero-order valence-corrected chi connectivity index (χ0v) is 16.9. The number of pyridine rings is 1. The molecular formula is C22H27ClN2O3. The molecule has 0 aliphatic carbocycles. The number of rotatable bonds is 7. The molecule has 5 nitrogen and oxygen atoms in total. The number of aromatic hydroxyl groups is 1. The maximum atomic E-state index is 11.5. The van der Waals surface area contributed by atoms with Crippen LogP contribution in [0.3, 0.4) is 0 Å². The van der Waals surface area contributed by atoms with Crippen molar-refractivity contribution in [3.63, 3.8) is 0 Å². The Balaban J connectivity index is 0.00000280. The topological polar surface area (TPSA) is 85.3 Å². The summed E-state index contributed by atoms with van der Waals surface area (Å²) in [6.45, 7) is 4.58. The molecule has 2 aromatic carbocycles. The Labute approximate surface area is 170 Å². The summed E-state index contributed by atoms with van der Waals surface area (Å²) in [5.41, 5.74) is 3.31. The van der Waals surface area contributed by atoms with Crippen molar-refractivity contribution in [3.8, 4) is 5.75 Å². The van der Waals surface area contributed by atoms with Gasteiger partial charge >= 0.3 is 0 Å². The van der Waals surface area contributed by atoms with Gasteiger partial charge in [0.2, 0.25) is 5.56 Å². The quantitative estimate of drug-likeness (QED) is 0.486. The summed E-state index contributed by atoms with van der Waals surface area (Å²) in [5.74, 6) is -0.00178. The summed E-state index contributed by atoms with van der Waals surface area (Å²) in [6.07, 6.45) is 1.22. The maximum Gasteiger partial charge on any atom is 0.248 e. The average molecular weight is 403 g/mol. The molecule has 0 saturated carbocycles. The van der Waals surface area contributed by atoms with E-state index in [1.807, 2.05) is 0 Å². The molecule has 0 bridgehead atoms. The molecule has 150 valence electrons. The zero-order valence-electron chi connectivity index (χ0n) is 16.1. The Kier molecular flexibility index (Phi) is 7.63. The smallest absolute Gasteiger partial charge is 0.248 e. The fourth-order valence-electron chi connectivity index (χ4n) is 3.21. The van der Waals surface area contributed by atoms with Gasteiger partial charge in [0.15, 0.2) is 0 Å². The van der Waals surface area contributed by atoms with Gasteiger partial charge < -0.3 is 20.5 Å². The van der Waals surface area contributed by atoms with Crippen LogP contribution in [0.5, 0.6) is 5.75 Å². The van der Waals surface area contributed by atoms with Crippen molar-refractivity contribution in [2.75, 3.05) is 6.54 Å². The first kappa shape index (κ1) is 22.0. The number of phenols is 1. The summed E-state index contributed by atoms with van der Waals surface area (Å²) in [5, 5.41) is 24.6. The standard InChI is InChI=1S/C22H26N2O3.ClH/c1-14-3-6-16(7-4-14)8-5-15(2)23-13-20(26)17-9-11-19(25)22-18(17)10-12-21(27)24-22;/h3-4,6-7,9-12,15,20,23,25-26H,5,8,13H2,1-2H3,(H,24,27);1H. The molecule has 0 amide bonds. The number of nitrogens with one attached hydrogen (secondary N) is 2. The number of phenolic OH excluding ortho intramolecular Hbond substituents is 1. The molecule has 2 atom stereocenters. The van der Waals surface area contributed by atoms with Crippen LogP contribution in [0.25, 0.3) is 10.9 Å². The second-order valence-corrected chi connectivity index (χ2v) is 7.13. The minimum Gasteiger partial charge on any atom is -0.506 e. The van der Waals surface area contributed by atoms with Crippen LogP contribution in [-0.2, 0) is 6.42 Å². The zero-order chi connectivity index (χ0) is 19.4. The first-order chi connectivity index (χ1) is 12.9. The second kappa shape index (κ2) is 9.73. The Morgan fingerprint density at radius 1 is 1.07 bits per heavy atom. The van der Waals surface area contributed by atoms with E-state index in [-0.39, 0.29) is 29.8 Å². The number of H-pyrrole nitrogens is 1. The number of hydrogen-bond donors (Lipinski definition) is 4. The fourth-order valence-corrected chi connectivity index (χ4v) is 3.21. The van der Waals surface area contributed by atoms with Gasteiger partial charge in [0, 0.05) is 24.0 Å². The number of halogens is 1. The second-order valence-electron chi connectivity index (χ2n) is 7.13. The Hall–Kier alpha value is -2.34. The van der Waals surface area contributed by atoms with Crippen LogP contribution >= 0.6 is 12.4 Å². The lowest BCUT2D eigenvalue weighted by atomic mass is 10.0. The molecular weight excluding hydrogens is 376 g/mol. The highest BCUT2D eigenvalue weighted by Crippen LogP contribution is 2.28. The third-order valence-corrected chi connectivity index (χ3v) is 4.91. The lowest BCUT2D eigenvalue weighted by Gasteiger charge is -2.19. The summed E-state index contributed by atoms with van der Waals surface area (Å²) in [6, 6.07) is 15.0. The first-order valence-corrected chi connectivity index (χ1v) is 9.26. The number of aromatic amines is 1. The molecule has 0 spiro atoms. The SMILES string of the molecule is Cc1ccc(CCC(C)NCC(O)c2ccc(O)c3[nH]c(=O)ccc23)cc1.Cl. The predicted octanol–water partition coefficient (Wildman–Crippen LogP) is 3.61. The average Bonchev–Trinajstić information content (AvgIpc) is 2.66. The van der Waals surface area contributed by atoms with Crippen molar-refractivity contribution in [2.24, 2.45) is 0 Å².